The molecule has 1 heterocycles. The number of carbonyl (C=O) groups is 1. The van der Waals surface area contributed by atoms with Crippen LogP contribution >= 0.6 is 0 Å². The largest absolute Gasteiger partial charge is 0.465 e. The zero-order chi connectivity index (χ0) is 9.90. The number of rotatable bonds is 2. The molecule has 1 aliphatic heterocycles. The third kappa shape index (κ3) is 3.18. The number of likely N-dealkylation sites (tertiary alicyclic amines) is 1. The van der Waals surface area contributed by atoms with E-state index in [1.807, 2.05) is 11.9 Å². The summed E-state index contributed by atoms with van der Waals surface area (Å²) in [5, 5.41) is 10.4. The molecule has 0 aromatic carbocycles. The first-order chi connectivity index (χ1) is 6.02. The Morgan fingerprint density at radius 2 is 2.15 bits per heavy atom. The molecular weight excluding hydrogens is 175 g/mol. The standard InChI is InChI=1S/C8H15FN2O2/c1-11-4-2-8(9,3-5-11)6-10-7(12)13/h10H,2-6H2,1H3,(H,12,13). The minimum atomic E-state index is -1.34. The number of nitrogens with one attached hydrogen (secondary N) is 1. The molecule has 0 aromatic heterocycles. The van der Waals surface area contributed by atoms with Gasteiger partial charge in [0.2, 0.25) is 0 Å². The first kappa shape index (κ1) is 10.2. The first-order valence-corrected chi connectivity index (χ1v) is 4.36. The molecule has 1 fully saturated rings. The molecule has 0 unspecified atom stereocenters. The van der Waals surface area contributed by atoms with Gasteiger partial charge in [-0.25, -0.2) is 9.18 Å². The molecule has 1 rings (SSSR count). The van der Waals surface area contributed by atoms with Gasteiger partial charge in [0.15, 0.2) is 0 Å². The summed E-state index contributed by atoms with van der Waals surface area (Å²) in [5.74, 6) is 0. The van der Waals surface area contributed by atoms with Crippen molar-refractivity contribution in [1.82, 2.24) is 10.2 Å². The van der Waals surface area contributed by atoms with Gasteiger partial charge in [0.05, 0.1) is 6.54 Å². The summed E-state index contributed by atoms with van der Waals surface area (Å²) in [6, 6.07) is 0. The van der Waals surface area contributed by atoms with Gasteiger partial charge < -0.3 is 15.3 Å². The molecule has 0 radical (unpaired) electrons. The highest BCUT2D eigenvalue weighted by Crippen LogP contribution is 2.24. The molecule has 2 N–H and O–H groups in total. The van der Waals surface area contributed by atoms with Gasteiger partial charge in [0.1, 0.15) is 5.67 Å². The second-order valence-corrected chi connectivity index (χ2v) is 3.61. The molecule has 0 aromatic rings. The van der Waals surface area contributed by atoms with E-state index in [-0.39, 0.29) is 6.54 Å². The van der Waals surface area contributed by atoms with E-state index < -0.39 is 11.8 Å². The van der Waals surface area contributed by atoms with Crippen LogP contribution in [0.1, 0.15) is 12.8 Å². The summed E-state index contributed by atoms with van der Waals surface area (Å²) in [6.45, 7) is 1.30. The third-order valence-corrected chi connectivity index (χ3v) is 2.44. The molecule has 76 valence electrons. The SMILES string of the molecule is CN1CCC(F)(CNC(=O)O)CC1. The topological polar surface area (TPSA) is 52.6 Å². The number of halogens is 1. The Hall–Kier alpha value is -0.840. The second-order valence-electron chi connectivity index (χ2n) is 3.61. The van der Waals surface area contributed by atoms with Crippen LogP contribution in [0.4, 0.5) is 9.18 Å². The molecule has 5 heteroatoms. The zero-order valence-corrected chi connectivity index (χ0v) is 7.72. The molecule has 0 saturated carbocycles. The molecular formula is C8H15FN2O2. The molecule has 0 atom stereocenters. The summed E-state index contributed by atoms with van der Waals surface area (Å²) in [5.41, 5.74) is -1.34. The van der Waals surface area contributed by atoms with Gasteiger partial charge in [-0.15, -0.1) is 0 Å². The minimum Gasteiger partial charge on any atom is -0.465 e. The average Bonchev–Trinajstić information content (AvgIpc) is 2.08. The van der Waals surface area contributed by atoms with Crippen LogP contribution in [0.25, 0.3) is 0 Å². The van der Waals surface area contributed by atoms with Gasteiger partial charge in [0, 0.05) is 13.1 Å². The number of carboxylic acid groups (broad SMARTS) is 1. The summed E-state index contributed by atoms with van der Waals surface area (Å²) in [7, 11) is 1.93. The minimum absolute atomic E-state index is 0.0871. The van der Waals surface area contributed by atoms with Crippen LogP contribution in [-0.2, 0) is 0 Å². The second kappa shape index (κ2) is 3.91. The smallest absolute Gasteiger partial charge is 0.404 e. The Balaban J connectivity index is 2.34. The molecule has 0 spiro atoms. The van der Waals surface area contributed by atoms with Gasteiger partial charge in [-0.3, -0.25) is 0 Å². The van der Waals surface area contributed by atoms with Crippen molar-refractivity contribution in [2.75, 3.05) is 26.7 Å². The number of hydrogen-bond acceptors (Lipinski definition) is 2. The maximum atomic E-state index is 13.8. The lowest BCUT2D eigenvalue weighted by Crippen LogP contribution is -2.46. The van der Waals surface area contributed by atoms with Crippen molar-refractivity contribution in [1.29, 1.82) is 0 Å². The predicted octanol–water partition coefficient (Wildman–Crippen LogP) is 0.688. The first-order valence-electron chi connectivity index (χ1n) is 4.36. The van der Waals surface area contributed by atoms with Crippen molar-refractivity contribution in [3.63, 3.8) is 0 Å². The fraction of sp³-hybridized carbons (Fsp3) is 0.875. The van der Waals surface area contributed by atoms with Crippen molar-refractivity contribution in [2.45, 2.75) is 18.5 Å². The van der Waals surface area contributed by atoms with Crippen molar-refractivity contribution in [3.05, 3.63) is 0 Å². The summed E-state index contributed by atoms with van der Waals surface area (Å²) in [4.78, 5) is 12.2. The normalized spacial score (nSPS) is 22.6. The van der Waals surface area contributed by atoms with E-state index in [1.165, 1.54) is 0 Å². The Morgan fingerprint density at radius 3 is 2.62 bits per heavy atom. The van der Waals surface area contributed by atoms with Crippen molar-refractivity contribution in [3.8, 4) is 0 Å². The summed E-state index contributed by atoms with van der Waals surface area (Å²) < 4.78 is 13.8. The van der Waals surface area contributed by atoms with Crippen LogP contribution in [0.2, 0.25) is 0 Å². The third-order valence-electron chi connectivity index (χ3n) is 2.44. The summed E-state index contributed by atoms with van der Waals surface area (Å²) in [6.07, 6.45) is -0.343. The molecule has 0 bridgehead atoms. The van der Waals surface area contributed by atoms with Crippen LogP contribution < -0.4 is 5.32 Å². The average molecular weight is 190 g/mol. The number of amides is 1. The van der Waals surface area contributed by atoms with Crippen LogP contribution in [-0.4, -0.2) is 48.5 Å². The predicted molar refractivity (Wildman–Crippen MR) is 46.6 cm³/mol. The number of hydrogen-bond donors (Lipinski definition) is 2. The molecule has 4 nitrogen and oxygen atoms in total. The van der Waals surface area contributed by atoms with Gasteiger partial charge in [0.25, 0.3) is 0 Å². The zero-order valence-electron chi connectivity index (χ0n) is 7.72. The van der Waals surface area contributed by atoms with Crippen LogP contribution in [0.3, 0.4) is 0 Å². The van der Waals surface area contributed by atoms with E-state index in [1.54, 1.807) is 0 Å². The monoisotopic (exact) mass is 190 g/mol. The van der Waals surface area contributed by atoms with Crippen molar-refractivity contribution in [2.24, 2.45) is 0 Å². The Bertz CT molecular complexity index is 191. The molecule has 13 heavy (non-hydrogen) atoms. The van der Waals surface area contributed by atoms with Crippen molar-refractivity contribution < 1.29 is 14.3 Å². The van der Waals surface area contributed by atoms with Gasteiger partial charge in [-0.1, -0.05) is 0 Å². The Morgan fingerprint density at radius 1 is 1.62 bits per heavy atom. The lowest BCUT2D eigenvalue weighted by Gasteiger charge is -2.34. The van der Waals surface area contributed by atoms with E-state index in [9.17, 15) is 9.18 Å². The molecule has 0 aliphatic carbocycles. The van der Waals surface area contributed by atoms with Gasteiger partial charge >= 0.3 is 6.09 Å². The fourth-order valence-corrected chi connectivity index (χ4v) is 1.43. The quantitative estimate of drug-likeness (QED) is 0.673. The highest BCUT2D eigenvalue weighted by molar-refractivity contribution is 5.64. The fourth-order valence-electron chi connectivity index (χ4n) is 1.43. The van der Waals surface area contributed by atoms with Gasteiger partial charge in [-0.2, -0.15) is 0 Å². The number of piperidine rings is 1. The lowest BCUT2D eigenvalue weighted by atomic mass is 9.94. The van der Waals surface area contributed by atoms with Crippen molar-refractivity contribution >= 4 is 6.09 Å². The number of nitrogens with zero attached hydrogens (tertiary/aromatic N) is 1. The number of alkyl halides is 1. The molecule has 1 aliphatic rings. The Labute approximate surface area is 76.7 Å². The Kier molecular flexibility index (Phi) is 3.08. The van der Waals surface area contributed by atoms with E-state index in [0.29, 0.717) is 25.9 Å². The van der Waals surface area contributed by atoms with E-state index in [2.05, 4.69) is 5.32 Å². The lowest BCUT2D eigenvalue weighted by molar-refractivity contribution is 0.0684. The molecule has 1 saturated heterocycles. The van der Waals surface area contributed by atoms with Crippen LogP contribution in [0, 0.1) is 0 Å². The highest BCUT2D eigenvalue weighted by atomic mass is 19.1. The van der Waals surface area contributed by atoms with Gasteiger partial charge in [-0.05, 0) is 19.9 Å². The maximum absolute atomic E-state index is 13.8. The highest BCUT2D eigenvalue weighted by Gasteiger charge is 2.33. The van der Waals surface area contributed by atoms with Crippen LogP contribution in [0.5, 0.6) is 0 Å². The summed E-state index contributed by atoms with van der Waals surface area (Å²) >= 11 is 0. The maximum Gasteiger partial charge on any atom is 0.404 e. The van der Waals surface area contributed by atoms with E-state index in [4.69, 9.17) is 5.11 Å². The van der Waals surface area contributed by atoms with E-state index >= 15 is 0 Å². The van der Waals surface area contributed by atoms with E-state index in [0.717, 1.165) is 0 Å². The molecule has 1 amide bonds. The van der Waals surface area contributed by atoms with Crippen LogP contribution in [0.15, 0.2) is 0 Å².